The van der Waals surface area contributed by atoms with Crippen LogP contribution < -0.4 is 10.9 Å². The maximum absolute atomic E-state index is 12.8. The summed E-state index contributed by atoms with van der Waals surface area (Å²) in [5.41, 5.74) is 0.0471. The van der Waals surface area contributed by atoms with E-state index in [1.165, 1.54) is 18.5 Å². The van der Waals surface area contributed by atoms with Crippen molar-refractivity contribution >= 4 is 45.1 Å². The molecule has 0 fully saturated rings. The molecular weight excluding hydrogens is 398 g/mol. The summed E-state index contributed by atoms with van der Waals surface area (Å²) < 4.78 is 6.10. The molecule has 2 N–H and O–H groups in total. The van der Waals surface area contributed by atoms with Crippen LogP contribution in [0, 0.1) is 6.92 Å². The van der Waals surface area contributed by atoms with Crippen LogP contribution in [0.2, 0.25) is 0 Å². The molecule has 0 aliphatic rings. The molecule has 29 heavy (non-hydrogen) atoms. The van der Waals surface area contributed by atoms with Gasteiger partial charge in [0.15, 0.2) is 0 Å². The van der Waals surface area contributed by atoms with Gasteiger partial charge in [0.25, 0.3) is 5.56 Å². The van der Waals surface area contributed by atoms with Crippen molar-refractivity contribution in [2.45, 2.75) is 20.4 Å². The quantitative estimate of drug-likeness (QED) is 0.591. The summed E-state index contributed by atoms with van der Waals surface area (Å²) in [5, 5.41) is 11.9. The molecule has 0 saturated carbocycles. The molecule has 1 aromatic carbocycles. The van der Waals surface area contributed by atoms with Gasteiger partial charge in [-0.05, 0) is 31.5 Å². The molecule has 0 unspecified atom stereocenters. The van der Waals surface area contributed by atoms with Crippen molar-refractivity contribution in [3.63, 3.8) is 0 Å². The molecule has 3 rings (SSSR count). The number of esters is 1. The molecule has 0 saturated heterocycles. The number of para-hydroxylation sites is 1. The number of amides is 1. The van der Waals surface area contributed by atoms with E-state index < -0.39 is 23.4 Å². The van der Waals surface area contributed by atoms with Gasteiger partial charge in [-0.15, -0.1) is 11.3 Å². The number of carbonyl (C=O) groups is 3. The number of nitrogens with one attached hydrogen (secondary N) is 1. The number of carboxylic acid groups (broad SMARTS) is 1. The monoisotopic (exact) mass is 415 g/mol. The molecule has 0 atom stereocenters. The first kappa shape index (κ1) is 20.2. The number of hydrogen-bond donors (Lipinski definition) is 2. The Kier molecular flexibility index (Phi) is 5.74. The van der Waals surface area contributed by atoms with Gasteiger partial charge in [0.1, 0.15) is 16.3 Å². The number of thiophene rings is 1. The van der Waals surface area contributed by atoms with Crippen molar-refractivity contribution in [1.82, 2.24) is 9.55 Å². The number of fused-ring (bicyclic) bond motifs is 1. The third kappa shape index (κ3) is 4.02. The summed E-state index contributed by atoms with van der Waals surface area (Å²) >= 11 is 1.06. The first-order chi connectivity index (χ1) is 13.8. The SMILES string of the molecule is CCOC(=O)c1sc2ncn(CC(=O)Nc3ccccc3C(=O)O)c(=O)c2c1C. The summed E-state index contributed by atoms with van der Waals surface area (Å²) in [4.78, 5) is 53.3. The molecule has 0 aliphatic carbocycles. The van der Waals surface area contributed by atoms with Crippen molar-refractivity contribution in [1.29, 1.82) is 0 Å². The molecule has 0 bridgehead atoms. The summed E-state index contributed by atoms with van der Waals surface area (Å²) in [5.74, 6) is -2.29. The molecule has 9 nitrogen and oxygen atoms in total. The summed E-state index contributed by atoms with van der Waals surface area (Å²) in [6.45, 7) is 3.16. The number of benzene rings is 1. The second-order valence-corrected chi connectivity index (χ2v) is 7.03. The fourth-order valence-electron chi connectivity index (χ4n) is 2.79. The number of nitrogens with zero attached hydrogens (tertiary/aromatic N) is 2. The predicted molar refractivity (Wildman–Crippen MR) is 107 cm³/mol. The van der Waals surface area contributed by atoms with E-state index in [0.29, 0.717) is 15.3 Å². The summed E-state index contributed by atoms with van der Waals surface area (Å²) in [6, 6.07) is 5.96. The van der Waals surface area contributed by atoms with Gasteiger partial charge in [0.05, 0.1) is 29.6 Å². The van der Waals surface area contributed by atoms with Crippen molar-refractivity contribution in [3.8, 4) is 0 Å². The van der Waals surface area contributed by atoms with E-state index >= 15 is 0 Å². The van der Waals surface area contributed by atoms with Crippen LogP contribution in [0.25, 0.3) is 10.2 Å². The molecule has 1 amide bonds. The number of carboxylic acids is 1. The van der Waals surface area contributed by atoms with Gasteiger partial charge >= 0.3 is 11.9 Å². The van der Waals surface area contributed by atoms with E-state index in [9.17, 15) is 24.3 Å². The van der Waals surface area contributed by atoms with Crippen LogP contribution in [0.3, 0.4) is 0 Å². The highest BCUT2D eigenvalue weighted by molar-refractivity contribution is 7.20. The Hall–Kier alpha value is -3.53. The zero-order chi connectivity index (χ0) is 21.1. The Bertz CT molecular complexity index is 1180. The van der Waals surface area contributed by atoms with Gasteiger partial charge in [-0.25, -0.2) is 14.6 Å². The van der Waals surface area contributed by atoms with Gasteiger partial charge in [-0.1, -0.05) is 12.1 Å². The number of anilines is 1. The van der Waals surface area contributed by atoms with Crippen LogP contribution in [0.15, 0.2) is 35.4 Å². The highest BCUT2D eigenvalue weighted by Gasteiger charge is 2.21. The Balaban J connectivity index is 1.89. The Morgan fingerprint density at radius 2 is 2.00 bits per heavy atom. The predicted octanol–water partition coefficient (Wildman–Crippen LogP) is 2.28. The fourth-order valence-corrected chi connectivity index (χ4v) is 3.82. The maximum Gasteiger partial charge on any atom is 0.348 e. The average molecular weight is 415 g/mol. The topological polar surface area (TPSA) is 128 Å². The molecule has 2 heterocycles. The molecule has 3 aromatic rings. The number of ether oxygens (including phenoxy) is 1. The van der Waals surface area contributed by atoms with Crippen molar-refractivity contribution in [3.05, 3.63) is 57.0 Å². The van der Waals surface area contributed by atoms with Gasteiger partial charge in [0, 0.05) is 0 Å². The first-order valence-electron chi connectivity index (χ1n) is 8.61. The van der Waals surface area contributed by atoms with Crippen LogP contribution in [0.4, 0.5) is 5.69 Å². The van der Waals surface area contributed by atoms with Crippen LogP contribution in [0.5, 0.6) is 0 Å². The van der Waals surface area contributed by atoms with Gasteiger partial charge in [0.2, 0.25) is 5.91 Å². The van der Waals surface area contributed by atoms with Gasteiger partial charge < -0.3 is 15.2 Å². The number of aryl methyl sites for hydroxylation is 1. The highest BCUT2D eigenvalue weighted by atomic mass is 32.1. The Labute approximate surface area is 168 Å². The molecule has 0 aliphatic heterocycles. The summed E-state index contributed by atoms with van der Waals surface area (Å²) in [6.07, 6.45) is 1.22. The first-order valence-corrected chi connectivity index (χ1v) is 9.43. The van der Waals surface area contributed by atoms with E-state index in [2.05, 4.69) is 10.3 Å². The van der Waals surface area contributed by atoms with Crippen LogP contribution in [0.1, 0.15) is 32.5 Å². The van der Waals surface area contributed by atoms with Crippen LogP contribution in [-0.4, -0.2) is 39.1 Å². The number of aromatic nitrogens is 2. The standard InChI is InChI=1S/C19H17N3O6S/c1-3-28-19(27)15-10(2)14-16(29-15)20-9-22(17(14)24)8-13(23)21-12-7-5-4-6-11(12)18(25)26/h4-7,9H,3,8H2,1-2H3,(H,21,23)(H,25,26). The third-order valence-corrected chi connectivity index (χ3v) is 5.30. The average Bonchev–Trinajstić information content (AvgIpc) is 3.02. The fraction of sp³-hybridized carbons (Fsp3) is 0.211. The maximum atomic E-state index is 12.8. The zero-order valence-corrected chi connectivity index (χ0v) is 16.4. The van der Waals surface area contributed by atoms with E-state index in [1.54, 1.807) is 26.0 Å². The largest absolute Gasteiger partial charge is 0.478 e. The van der Waals surface area contributed by atoms with Gasteiger partial charge in [-0.2, -0.15) is 0 Å². The Morgan fingerprint density at radius 1 is 1.28 bits per heavy atom. The minimum Gasteiger partial charge on any atom is -0.478 e. The van der Waals surface area contributed by atoms with Gasteiger partial charge in [-0.3, -0.25) is 14.2 Å². The number of carbonyl (C=O) groups excluding carboxylic acids is 2. The molecular formula is C19H17N3O6S. The van der Waals surface area contributed by atoms with Crippen LogP contribution >= 0.6 is 11.3 Å². The van der Waals surface area contributed by atoms with E-state index in [0.717, 1.165) is 15.9 Å². The highest BCUT2D eigenvalue weighted by Crippen LogP contribution is 2.27. The lowest BCUT2D eigenvalue weighted by molar-refractivity contribution is -0.116. The second kappa shape index (κ2) is 8.23. The molecule has 0 spiro atoms. The number of aromatic carboxylic acids is 1. The smallest absolute Gasteiger partial charge is 0.348 e. The van der Waals surface area contributed by atoms with E-state index in [4.69, 9.17) is 4.74 Å². The Morgan fingerprint density at radius 3 is 2.69 bits per heavy atom. The van der Waals surface area contributed by atoms with Crippen molar-refractivity contribution in [2.24, 2.45) is 0 Å². The van der Waals surface area contributed by atoms with Crippen LogP contribution in [-0.2, 0) is 16.1 Å². The van der Waals surface area contributed by atoms with Crippen molar-refractivity contribution in [2.75, 3.05) is 11.9 Å². The van der Waals surface area contributed by atoms with Crippen molar-refractivity contribution < 1.29 is 24.2 Å². The third-order valence-electron chi connectivity index (χ3n) is 4.12. The number of hydrogen-bond acceptors (Lipinski definition) is 7. The molecule has 10 heteroatoms. The lowest BCUT2D eigenvalue weighted by Gasteiger charge is -2.09. The summed E-state index contributed by atoms with van der Waals surface area (Å²) in [7, 11) is 0. The lowest BCUT2D eigenvalue weighted by atomic mass is 10.2. The zero-order valence-electron chi connectivity index (χ0n) is 15.6. The lowest BCUT2D eigenvalue weighted by Crippen LogP contribution is -2.28. The minimum absolute atomic E-state index is 0.0606. The molecule has 2 aromatic heterocycles. The number of rotatable bonds is 6. The molecule has 0 radical (unpaired) electrons. The minimum atomic E-state index is -1.18. The second-order valence-electron chi connectivity index (χ2n) is 6.03. The molecule has 150 valence electrons. The van der Waals surface area contributed by atoms with E-state index in [-0.39, 0.29) is 29.8 Å². The normalized spacial score (nSPS) is 10.7. The van der Waals surface area contributed by atoms with E-state index in [1.807, 2.05) is 0 Å².